The number of Topliss-reactive ketones (excluding diaryl/α,β-unsaturated/α-hetero) is 1. The molecule has 1 unspecified atom stereocenters. The predicted octanol–water partition coefficient (Wildman–Crippen LogP) is 3.83. The van der Waals surface area contributed by atoms with E-state index in [4.69, 9.17) is 9.15 Å². The van der Waals surface area contributed by atoms with Gasteiger partial charge in [-0.25, -0.2) is 0 Å². The molecule has 1 aromatic heterocycles. The van der Waals surface area contributed by atoms with Gasteiger partial charge >= 0.3 is 0 Å². The van der Waals surface area contributed by atoms with Crippen LogP contribution in [-0.2, 0) is 4.79 Å². The van der Waals surface area contributed by atoms with Crippen molar-refractivity contribution in [1.82, 2.24) is 0 Å². The van der Waals surface area contributed by atoms with Crippen LogP contribution in [0.1, 0.15) is 35.5 Å². The van der Waals surface area contributed by atoms with E-state index in [1.807, 2.05) is 6.07 Å². The summed E-state index contributed by atoms with van der Waals surface area (Å²) in [5.74, 6) is -0.0144. The van der Waals surface area contributed by atoms with E-state index in [0.717, 1.165) is 4.47 Å². The lowest BCUT2D eigenvalue weighted by molar-refractivity contribution is -0.122. The van der Waals surface area contributed by atoms with Crippen LogP contribution in [0.2, 0.25) is 0 Å². The van der Waals surface area contributed by atoms with Crippen LogP contribution in [0.25, 0.3) is 0 Å². The third kappa shape index (κ3) is 3.84. The van der Waals surface area contributed by atoms with Crippen molar-refractivity contribution in [1.29, 1.82) is 5.26 Å². The number of ether oxygens (including phenoxy) is 1. The highest BCUT2D eigenvalue weighted by Gasteiger charge is 2.24. The van der Waals surface area contributed by atoms with E-state index in [-0.39, 0.29) is 28.6 Å². The molecule has 24 heavy (non-hydrogen) atoms. The number of carbonyl (C=O) groups excluding carboxylic acids is 2. The van der Waals surface area contributed by atoms with E-state index < -0.39 is 12.0 Å². The molecule has 1 atom stereocenters. The highest BCUT2D eigenvalue weighted by atomic mass is 79.9. The second kappa shape index (κ2) is 7.32. The van der Waals surface area contributed by atoms with Gasteiger partial charge in [-0.3, -0.25) is 14.9 Å². The van der Waals surface area contributed by atoms with Crippen molar-refractivity contribution >= 4 is 33.5 Å². The summed E-state index contributed by atoms with van der Waals surface area (Å²) in [6.07, 6.45) is -0.816. The van der Waals surface area contributed by atoms with Crippen LogP contribution in [0.3, 0.4) is 0 Å². The number of nitrogens with one attached hydrogen (secondary N) is 1. The molecule has 0 fully saturated rings. The average molecular weight is 391 g/mol. The molecule has 7 heteroatoms. The Labute approximate surface area is 147 Å². The van der Waals surface area contributed by atoms with Gasteiger partial charge in [0.25, 0.3) is 5.91 Å². The van der Waals surface area contributed by atoms with Crippen molar-refractivity contribution < 1.29 is 18.7 Å². The number of amides is 1. The molecule has 1 amide bonds. The van der Waals surface area contributed by atoms with E-state index in [0.29, 0.717) is 5.75 Å². The summed E-state index contributed by atoms with van der Waals surface area (Å²) in [6, 6.07) is 8.92. The molecule has 6 nitrogen and oxygen atoms in total. The number of anilines is 1. The summed E-state index contributed by atoms with van der Waals surface area (Å²) in [5.41, 5.74) is 0.193. The van der Waals surface area contributed by atoms with Crippen LogP contribution in [0.4, 0.5) is 5.88 Å². The number of nitriles is 1. The van der Waals surface area contributed by atoms with Crippen molar-refractivity contribution in [2.45, 2.75) is 26.9 Å². The molecule has 0 aliphatic heterocycles. The third-order valence-corrected chi connectivity index (χ3v) is 3.81. The maximum atomic E-state index is 12.2. The van der Waals surface area contributed by atoms with E-state index in [1.165, 1.54) is 6.92 Å². The zero-order valence-corrected chi connectivity index (χ0v) is 14.9. The second-order valence-electron chi connectivity index (χ2n) is 5.11. The average Bonchev–Trinajstić information content (AvgIpc) is 2.84. The number of benzene rings is 1. The normalized spacial score (nSPS) is 11.5. The predicted molar refractivity (Wildman–Crippen MR) is 91.0 cm³/mol. The van der Waals surface area contributed by atoms with Gasteiger partial charge in [-0.1, -0.05) is 15.9 Å². The van der Waals surface area contributed by atoms with Crippen molar-refractivity contribution in [2.75, 3.05) is 5.32 Å². The van der Waals surface area contributed by atoms with Crippen LogP contribution >= 0.6 is 15.9 Å². The summed E-state index contributed by atoms with van der Waals surface area (Å²) < 4.78 is 11.8. The fourth-order valence-electron chi connectivity index (χ4n) is 2.15. The van der Waals surface area contributed by atoms with E-state index >= 15 is 0 Å². The van der Waals surface area contributed by atoms with Crippen LogP contribution in [0.5, 0.6) is 5.75 Å². The Morgan fingerprint density at radius 1 is 1.33 bits per heavy atom. The summed E-state index contributed by atoms with van der Waals surface area (Å²) in [7, 11) is 0. The number of rotatable bonds is 5. The molecule has 0 bridgehead atoms. The molecule has 1 heterocycles. The highest BCUT2D eigenvalue weighted by molar-refractivity contribution is 9.10. The van der Waals surface area contributed by atoms with E-state index in [2.05, 4.69) is 21.2 Å². The molecule has 0 aliphatic rings. The SMILES string of the molecule is CC(=O)c1c(C)oc(NC(=O)C(C)Oc2ccc(Br)cc2)c1C#N. The molecule has 2 rings (SSSR count). The molecule has 0 saturated carbocycles. The fraction of sp³-hybridized carbons (Fsp3) is 0.235. The summed E-state index contributed by atoms with van der Waals surface area (Å²) >= 11 is 3.32. The zero-order chi connectivity index (χ0) is 17.9. The fourth-order valence-corrected chi connectivity index (χ4v) is 2.41. The summed E-state index contributed by atoms with van der Waals surface area (Å²) in [5, 5.41) is 11.7. The molecule has 124 valence electrons. The maximum Gasteiger partial charge on any atom is 0.267 e. The first-order chi connectivity index (χ1) is 11.3. The van der Waals surface area contributed by atoms with Crippen LogP contribution < -0.4 is 10.1 Å². The topological polar surface area (TPSA) is 92.3 Å². The van der Waals surface area contributed by atoms with E-state index in [1.54, 1.807) is 38.1 Å². The molecule has 0 saturated heterocycles. The Bertz CT molecular complexity index is 818. The number of hydrogen-bond donors (Lipinski definition) is 1. The molecule has 2 aromatic rings. The Morgan fingerprint density at radius 2 is 1.96 bits per heavy atom. The second-order valence-corrected chi connectivity index (χ2v) is 6.02. The molecule has 0 aliphatic carbocycles. The van der Waals surface area contributed by atoms with Crippen LogP contribution in [-0.4, -0.2) is 17.8 Å². The van der Waals surface area contributed by atoms with Gasteiger partial charge in [0, 0.05) is 4.47 Å². The van der Waals surface area contributed by atoms with Gasteiger partial charge in [0.05, 0.1) is 5.56 Å². The third-order valence-electron chi connectivity index (χ3n) is 3.28. The molecule has 1 aromatic carbocycles. The van der Waals surface area contributed by atoms with Crippen molar-refractivity contribution in [3.63, 3.8) is 0 Å². The molecular formula is C17H15BrN2O4. The van der Waals surface area contributed by atoms with Gasteiger partial charge in [-0.2, -0.15) is 5.26 Å². The number of carbonyl (C=O) groups is 2. The maximum absolute atomic E-state index is 12.2. The number of furan rings is 1. The molecule has 1 N–H and O–H groups in total. The van der Waals surface area contributed by atoms with Crippen LogP contribution in [0, 0.1) is 18.3 Å². The lowest BCUT2D eigenvalue weighted by Gasteiger charge is -2.13. The van der Waals surface area contributed by atoms with Gasteiger partial charge in [0.15, 0.2) is 11.9 Å². The number of hydrogen-bond acceptors (Lipinski definition) is 5. The lowest BCUT2D eigenvalue weighted by Crippen LogP contribution is -2.30. The standard InChI is InChI=1S/C17H15BrN2O4/c1-9(21)15-10(2)24-17(14(15)8-19)20-16(22)11(3)23-13-6-4-12(18)5-7-13/h4-7,11H,1-3H3,(H,20,22). The minimum Gasteiger partial charge on any atom is -0.481 e. The van der Waals surface area contributed by atoms with Crippen molar-refractivity contribution in [3.05, 3.63) is 45.6 Å². The molecular weight excluding hydrogens is 376 g/mol. The van der Waals surface area contributed by atoms with Gasteiger partial charge in [0.1, 0.15) is 23.1 Å². The Balaban J connectivity index is 2.14. The Kier molecular flexibility index (Phi) is 5.42. The van der Waals surface area contributed by atoms with Gasteiger partial charge in [0.2, 0.25) is 5.88 Å². The number of ketones is 1. The van der Waals surface area contributed by atoms with Crippen LogP contribution in [0.15, 0.2) is 33.2 Å². The smallest absolute Gasteiger partial charge is 0.267 e. The van der Waals surface area contributed by atoms with Crippen molar-refractivity contribution in [2.24, 2.45) is 0 Å². The van der Waals surface area contributed by atoms with Gasteiger partial charge in [-0.15, -0.1) is 0 Å². The lowest BCUT2D eigenvalue weighted by atomic mass is 10.1. The molecule has 0 spiro atoms. The van der Waals surface area contributed by atoms with Gasteiger partial charge in [-0.05, 0) is 45.0 Å². The van der Waals surface area contributed by atoms with Gasteiger partial charge < -0.3 is 9.15 Å². The minimum atomic E-state index is -0.816. The number of halogens is 1. The zero-order valence-electron chi connectivity index (χ0n) is 13.3. The minimum absolute atomic E-state index is 0.0178. The summed E-state index contributed by atoms with van der Waals surface area (Å²) in [6.45, 7) is 4.48. The molecule has 0 radical (unpaired) electrons. The van der Waals surface area contributed by atoms with Crippen molar-refractivity contribution in [3.8, 4) is 11.8 Å². The first-order valence-electron chi connectivity index (χ1n) is 7.11. The quantitative estimate of drug-likeness (QED) is 0.782. The monoisotopic (exact) mass is 390 g/mol. The Morgan fingerprint density at radius 3 is 2.50 bits per heavy atom. The largest absolute Gasteiger partial charge is 0.481 e. The summed E-state index contributed by atoms with van der Waals surface area (Å²) in [4.78, 5) is 23.8. The highest BCUT2D eigenvalue weighted by Crippen LogP contribution is 2.27. The number of nitrogens with zero attached hydrogens (tertiary/aromatic N) is 1. The number of aryl methyl sites for hydroxylation is 1. The first-order valence-corrected chi connectivity index (χ1v) is 7.90. The Hall–Kier alpha value is -2.59. The van der Waals surface area contributed by atoms with E-state index in [9.17, 15) is 14.9 Å². The first kappa shape index (κ1) is 17.8.